The number of hydrogen-bond acceptors (Lipinski definition) is 8. The first-order valence-corrected chi connectivity index (χ1v) is 22.7. The molecule has 0 aliphatic heterocycles. The summed E-state index contributed by atoms with van der Waals surface area (Å²) in [5, 5.41) is 0. The van der Waals surface area contributed by atoms with Crippen LogP contribution >= 0.6 is 15.6 Å². The summed E-state index contributed by atoms with van der Waals surface area (Å²) in [6, 6.07) is 47.5. The number of hydrogen-bond donors (Lipinski definition) is 0. The van der Waals surface area contributed by atoms with Crippen molar-refractivity contribution in [2.45, 2.75) is 0 Å². The molecule has 8 aromatic rings. The molecule has 0 bridgehead atoms. The molecule has 2 aromatic carbocycles. The van der Waals surface area contributed by atoms with Crippen LogP contribution in [-0.4, -0.2) is 44.1 Å². The van der Waals surface area contributed by atoms with E-state index < -0.39 is 15.6 Å². The first kappa shape index (κ1) is 53.2. The smallest absolute Gasteiger partial charge is 2.00 e. The molecule has 0 amide bonds. The monoisotopic (exact) mass is 1160 g/mol. The van der Waals surface area contributed by atoms with Gasteiger partial charge in [-0.25, -0.2) is 9.97 Å². The Kier molecular flexibility index (Phi) is 15.7. The number of rotatable bonds is 8. The van der Waals surface area contributed by atoms with Crippen molar-refractivity contribution in [1.82, 2.24) is 29.9 Å². The summed E-state index contributed by atoms with van der Waals surface area (Å²) in [4.78, 5) is 27.3. The van der Waals surface area contributed by atoms with Gasteiger partial charge in [-0.15, -0.1) is 0 Å². The van der Waals surface area contributed by atoms with Crippen LogP contribution in [0, 0.1) is 0 Å². The average Bonchev–Trinajstić information content (AvgIpc) is 3.28. The van der Waals surface area contributed by atoms with E-state index in [4.69, 9.17) is 19.4 Å². The first-order valence-electron chi connectivity index (χ1n) is 18.7. The molecule has 0 spiro atoms. The number of ether oxygens (including phenoxy) is 2. The van der Waals surface area contributed by atoms with E-state index in [2.05, 4.69) is 44.2 Å². The van der Waals surface area contributed by atoms with Crippen LogP contribution in [0.4, 0.5) is 50.4 Å². The Labute approximate surface area is 387 Å². The molecule has 6 aromatic heterocycles. The maximum absolute atomic E-state index is 10.7. The van der Waals surface area contributed by atoms with E-state index >= 15 is 0 Å². The van der Waals surface area contributed by atoms with E-state index in [1.807, 2.05) is 121 Å². The Balaban J connectivity index is 0.000000226. The molecule has 0 N–H and O–H groups in total. The maximum atomic E-state index is 9.87. The Morgan fingerprint density at radius 2 is 0.537 bits per heavy atom. The molecular weight excluding hydrogens is 1120 g/mol. The normalized spacial score (nSPS) is 13.0. The molecule has 23 heteroatoms. The average molecular weight is 1160 g/mol. The van der Waals surface area contributed by atoms with Crippen LogP contribution in [0.1, 0.15) is 0 Å². The summed E-state index contributed by atoms with van der Waals surface area (Å²) < 4.78 is 129. The van der Waals surface area contributed by atoms with Gasteiger partial charge < -0.3 is 9.47 Å². The fraction of sp³-hybridized carbons (Fsp3) is 0.0455. The van der Waals surface area contributed by atoms with Crippen molar-refractivity contribution >= 4 is 15.6 Å². The number of nitrogens with zero attached hydrogens (tertiary/aromatic N) is 6. The van der Waals surface area contributed by atoms with Crippen molar-refractivity contribution in [2.75, 3.05) is 14.2 Å². The van der Waals surface area contributed by atoms with Crippen LogP contribution in [0.2, 0.25) is 0 Å². The van der Waals surface area contributed by atoms with Gasteiger partial charge in [-0.3, -0.25) is 19.9 Å². The zero-order valence-electron chi connectivity index (χ0n) is 34.4. The molecule has 67 heavy (non-hydrogen) atoms. The molecule has 0 aliphatic carbocycles. The second kappa shape index (κ2) is 19.8. The zero-order valence-corrected chi connectivity index (χ0v) is 38.8. The molecule has 0 atom stereocenters. The molecule has 0 aliphatic rings. The second-order valence-electron chi connectivity index (χ2n) is 13.5. The van der Waals surface area contributed by atoms with E-state index in [0.29, 0.717) is 0 Å². The molecular formula is C44H34F12N6O2OsP2. The van der Waals surface area contributed by atoms with E-state index in [-0.39, 0.29) is 19.8 Å². The minimum atomic E-state index is -10.7. The largest absolute Gasteiger partial charge is 2.00 e. The predicted octanol–water partition coefficient (Wildman–Crippen LogP) is 16.5. The maximum Gasteiger partial charge on any atom is 2.00 e. The van der Waals surface area contributed by atoms with Gasteiger partial charge >= 0.3 is 85.8 Å². The SMILES string of the molecule is COc1ccc(-c2cc(-c3ccccn3)nc(-c3ccccn3)c2)cc1.COc1ccc(-c2cc(-c3ccccn3)nc(-c3ccccn3)c2)cc1.F[P-](F)(F)(F)(F)F.F[P-](F)(F)(F)(F)F.[Os+2]. The van der Waals surface area contributed by atoms with Crippen molar-refractivity contribution in [3.05, 3.63) is 170 Å². The number of halogens is 12. The summed E-state index contributed by atoms with van der Waals surface area (Å²) in [6.07, 6.45) is 7.10. The molecule has 0 radical (unpaired) electrons. The van der Waals surface area contributed by atoms with E-state index in [1.165, 1.54) is 0 Å². The third-order valence-electron chi connectivity index (χ3n) is 8.21. The fourth-order valence-electron chi connectivity index (χ4n) is 5.54. The van der Waals surface area contributed by atoms with Gasteiger partial charge in [0, 0.05) is 24.8 Å². The minimum Gasteiger partial charge on any atom is 2.00 e. The Morgan fingerprint density at radius 3 is 0.716 bits per heavy atom. The fourth-order valence-corrected chi connectivity index (χ4v) is 5.54. The van der Waals surface area contributed by atoms with Crippen molar-refractivity contribution in [1.29, 1.82) is 0 Å². The summed E-state index contributed by atoms with van der Waals surface area (Å²) >= 11 is 0. The molecule has 354 valence electrons. The van der Waals surface area contributed by atoms with E-state index in [0.717, 1.165) is 79.3 Å². The molecule has 0 fully saturated rings. The second-order valence-corrected chi connectivity index (χ2v) is 17.3. The van der Waals surface area contributed by atoms with Gasteiger partial charge in [0.05, 0.1) is 59.8 Å². The number of aromatic nitrogens is 6. The van der Waals surface area contributed by atoms with Gasteiger partial charge in [0.1, 0.15) is 11.5 Å². The van der Waals surface area contributed by atoms with Crippen LogP contribution in [0.15, 0.2) is 170 Å². The van der Waals surface area contributed by atoms with Crippen LogP contribution in [0.3, 0.4) is 0 Å². The summed E-state index contributed by atoms with van der Waals surface area (Å²) in [5.41, 5.74) is 10.9. The van der Waals surface area contributed by atoms with Gasteiger partial charge in [-0.1, -0.05) is 48.5 Å². The van der Waals surface area contributed by atoms with Crippen molar-refractivity contribution in [2.24, 2.45) is 0 Å². The summed E-state index contributed by atoms with van der Waals surface area (Å²) in [5.74, 6) is 1.66. The molecule has 8 nitrogen and oxygen atoms in total. The Morgan fingerprint density at radius 1 is 0.313 bits per heavy atom. The van der Waals surface area contributed by atoms with Crippen molar-refractivity contribution in [3.8, 4) is 79.3 Å². The molecule has 8 rings (SSSR count). The summed E-state index contributed by atoms with van der Waals surface area (Å²) in [6.45, 7) is 0. The van der Waals surface area contributed by atoms with E-state index in [9.17, 15) is 50.4 Å². The van der Waals surface area contributed by atoms with Gasteiger partial charge in [0.2, 0.25) is 0 Å². The third-order valence-corrected chi connectivity index (χ3v) is 8.21. The molecule has 0 saturated heterocycles. The van der Waals surface area contributed by atoms with Gasteiger partial charge in [-0.2, -0.15) is 0 Å². The number of benzene rings is 2. The van der Waals surface area contributed by atoms with Crippen molar-refractivity contribution < 1.29 is 79.6 Å². The standard InChI is InChI=1S/2C22H17N3O.2F6P.Os/c2*1-26-18-10-8-16(9-11-18)17-14-21(19-6-2-4-12-23-19)25-22(15-17)20-7-3-5-13-24-20;2*1-7(2,3,4,5)6;/h2*2-15H,1H3;;;/q;;2*-1;+2. The van der Waals surface area contributed by atoms with Crippen LogP contribution < -0.4 is 9.47 Å². The van der Waals surface area contributed by atoms with Crippen molar-refractivity contribution in [3.63, 3.8) is 0 Å². The van der Waals surface area contributed by atoms with Gasteiger partial charge in [0.15, 0.2) is 0 Å². The zero-order chi connectivity index (χ0) is 48.4. The van der Waals surface area contributed by atoms with Crippen LogP contribution in [0.5, 0.6) is 11.5 Å². The minimum absolute atomic E-state index is 0. The quantitative estimate of drug-likeness (QED) is 0.110. The van der Waals surface area contributed by atoms with Crippen LogP contribution in [0.25, 0.3) is 67.8 Å². The molecule has 0 saturated carbocycles. The Bertz CT molecular complexity index is 2510. The topological polar surface area (TPSA) is 95.8 Å². The van der Waals surface area contributed by atoms with Gasteiger partial charge in [-0.05, 0) is 119 Å². The first-order chi connectivity index (χ1) is 30.6. The van der Waals surface area contributed by atoms with Crippen LogP contribution in [-0.2, 0) is 19.8 Å². The van der Waals surface area contributed by atoms with Gasteiger partial charge in [0.25, 0.3) is 0 Å². The third kappa shape index (κ3) is 20.8. The Hall–Kier alpha value is -6.40. The molecule has 6 heterocycles. The van der Waals surface area contributed by atoms with E-state index in [1.54, 1.807) is 39.0 Å². The predicted molar refractivity (Wildman–Crippen MR) is 233 cm³/mol. The molecule has 0 unspecified atom stereocenters. The summed E-state index contributed by atoms with van der Waals surface area (Å²) in [7, 11) is -18.0. The number of methoxy groups -OCH3 is 2. The number of pyridine rings is 6.